The molecule has 1 saturated heterocycles. The molecule has 194 valence electrons. The molecule has 2 bridgehead atoms. The van der Waals surface area contributed by atoms with E-state index in [1.165, 1.54) is 12.1 Å². The zero-order valence-corrected chi connectivity index (χ0v) is 24.1. The van der Waals surface area contributed by atoms with E-state index in [0.29, 0.717) is 18.5 Å². The van der Waals surface area contributed by atoms with Crippen LogP contribution in [0.25, 0.3) is 0 Å². The maximum atomic E-state index is 13.8. The lowest BCUT2D eigenvalue weighted by Gasteiger charge is -2.34. The molecule has 2 fully saturated rings. The number of fused-ring (bicyclic) bond motifs is 5. The molecule has 1 aliphatic heterocycles. The van der Waals surface area contributed by atoms with Crippen molar-refractivity contribution >= 4 is 98.7 Å². The Morgan fingerprint density at radius 2 is 1.32 bits per heavy atom. The molecule has 1 N–H and O–H groups in total. The molecule has 4 atom stereocenters. The van der Waals surface area contributed by atoms with Crippen LogP contribution in [0.15, 0.2) is 52.5 Å². The molecule has 5 nitrogen and oxygen atoms in total. The molecule has 37 heavy (non-hydrogen) atoms. The SMILES string of the molecule is CCc1cccc(CC)c1NC(=O)c1ccccc1N1C(=O)[C@H]2[C@H](C1=O)[C@@]1(Cl)C(Cl)=C(Cl)[C@@]2(Cl)C1(Cl)Cl. The van der Waals surface area contributed by atoms with Crippen molar-refractivity contribution in [2.45, 2.75) is 40.8 Å². The number of hydrogen-bond acceptors (Lipinski definition) is 3. The summed E-state index contributed by atoms with van der Waals surface area (Å²) in [5, 5.41) is 2.64. The van der Waals surface area contributed by atoms with Crippen molar-refractivity contribution in [3.05, 3.63) is 69.2 Å². The van der Waals surface area contributed by atoms with Gasteiger partial charge in [0.2, 0.25) is 11.8 Å². The Kier molecular flexibility index (Phi) is 6.62. The lowest BCUT2D eigenvalue weighted by atomic mass is 9.84. The molecule has 1 saturated carbocycles. The number of amides is 3. The largest absolute Gasteiger partial charge is 0.321 e. The zero-order chi connectivity index (χ0) is 27.1. The van der Waals surface area contributed by atoms with Crippen LogP contribution in [0.3, 0.4) is 0 Å². The number of allylic oxidation sites excluding steroid dienone is 2. The van der Waals surface area contributed by atoms with Gasteiger partial charge in [-0.25, -0.2) is 4.90 Å². The third-order valence-electron chi connectivity index (χ3n) is 7.54. The van der Waals surface area contributed by atoms with E-state index in [9.17, 15) is 14.4 Å². The first-order valence-electron chi connectivity index (χ1n) is 11.6. The van der Waals surface area contributed by atoms with Crippen molar-refractivity contribution in [1.82, 2.24) is 0 Å². The number of aryl methyl sites for hydroxylation is 2. The van der Waals surface area contributed by atoms with E-state index >= 15 is 0 Å². The Morgan fingerprint density at radius 3 is 1.81 bits per heavy atom. The van der Waals surface area contributed by atoms with Crippen LogP contribution in [-0.4, -0.2) is 31.8 Å². The second kappa shape index (κ2) is 9.04. The van der Waals surface area contributed by atoms with Crippen LogP contribution in [0.5, 0.6) is 0 Å². The molecule has 2 aromatic carbocycles. The summed E-state index contributed by atoms with van der Waals surface area (Å²) >= 11 is 39.5. The number of nitrogens with one attached hydrogen (secondary N) is 1. The summed E-state index contributed by atoms with van der Waals surface area (Å²) in [5.74, 6) is -4.49. The van der Waals surface area contributed by atoms with Gasteiger partial charge in [0.25, 0.3) is 5.91 Å². The molecular formula is C26H20Cl6N2O3. The van der Waals surface area contributed by atoms with Gasteiger partial charge in [-0.1, -0.05) is 90.6 Å². The fourth-order valence-corrected chi connectivity index (χ4v) is 8.61. The predicted octanol–water partition coefficient (Wildman–Crippen LogP) is 7.01. The fraction of sp³-hybridized carbons (Fsp3) is 0.346. The number of imide groups is 1. The summed E-state index contributed by atoms with van der Waals surface area (Å²) in [6.07, 6.45) is 1.42. The molecule has 1 heterocycles. The van der Waals surface area contributed by atoms with E-state index in [0.717, 1.165) is 16.0 Å². The van der Waals surface area contributed by atoms with Crippen molar-refractivity contribution in [3.8, 4) is 0 Å². The van der Waals surface area contributed by atoms with Gasteiger partial charge < -0.3 is 5.32 Å². The summed E-state index contributed by atoms with van der Waals surface area (Å²) in [7, 11) is 0. The third kappa shape index (κ3) is 3.28. The lowest BCUT2D eigenvalue weighted by Crippen LogP contribution is -2.50. The second-order valence-electron chi connectivity index (χ2n) is 9.22. The number of carbonyl (C=O) groups is 3. The van der Waals surface area contributed by atoms with Gasteiger partial charge in [0.05, 0.1) is 33.2 Å². The van der Waals surface area contributed by atoms with Crippen molar-refractivity contribution < 1.29 is 14.4 Å². The van der Waals surface area contributed by atoms with E-state index < -0.39 is 43.6 Å². The minimum absolute atomic E-state index is 0.0818. The molecule has 0 aromatic heterocycles. The molecule has 5 rings (SSSR count). The number of carbonyl (C=O) groups excluding carboxylic acids is 3. The Morgan fingerprint density at radius 1 is 0.838 bits per heavy atom. The van der Waals surface area contributed by atoms with Crippen LogP contribution in [0.2, 0.25) is 0 Å². The summed E-state index contributed by atoms with van der Waals surface area (Å²) in [6, 6.07) is 12.1. The molecule has 3 aliphatic rings. The Hall–Kier alpha value is -1.47. The smallest absolute Gasteiger partial charge is 0.257 e. The van der Waals surface area contributed by atoms with Crippen molar-refractivity contribution in [3.63, 3.8) is 0 Å². The standard InChI is InChI=1S/C26H20Cl6N2O3/c1-3-12-8-7-9-13(4-2)18(12)33-21(35)14-10-5-6-11-15(14)34-22(36)16-17(23(34)37)25(30)20(28)19(27)24(16,29)26(25,31)32/h5-11,16-17H,3-4H2,1-2H3,(H,33,35)/t16-,17-,24-,25-/m1/s1. The molecule has 2 aliphatic carbocycles. The molecule has 11 heteroatoms. The first-order valence-corrected chi connectivity index (χ1v) is 13.9. The number of rotatable bonds is 5. The highest BCUT2D eigenvalue weighted by Gasteiger charge is 2.87. The highest BCUT2D eigenvalue weighted by Crippen LogP contribution is 2.77. The van der Waals surface area contributed by atoms with Crippen molar-refractivity contribution in [1.29, 1.82) is 0 Å². The van der Waals surface area contributed by atoms with Gasteiger partial charge in [0.1, 0.15) is 9.75 Å². The number of halogens is 6. The number of para-hydroxylation sites is 2. The summed E-state index contributed by atoms with van der Waals surface area (Å²) in [4.78, 5) is 38.2. The first kappa shape index (κ1) is 27.1. The van der Waals surface area contributed by atoms with Crippen LogP contribution in [0, 0.1) is 11.8 Å². The van der Waals surface area contributed by atoms with Gasteiger partial charge in [-0.05, 0) is 36.1 Å². The Bertz CT molecular complexity index is 1340. The number of nitrogens with zero attached hydrogens (tertiary/aromatic N) is 1. The van der Waals surface area contributed by atoms with Gasteiger partial charge in [0, 0.05) is 5.69 Å². The highest BCUT2D eigenvalue weighted by molar-refractivity contribution is 6.67. The number of hydrogen-bond donors (Lipinski definition) is 1. The quantitative estimate of drug-likeness (QED) is 0.289. The lowest BCUT2D eigenvalue weighted by molar-refractivity contribution is -0.123. The first-order chi connectivity index (χ1) is 17.4. The third-order valence-corrected chi connectivity index (χ3v) is 11.8. The van der Waals surface area contributed by atoms with Crippen LogP contribution < -0.4 is 10.2 Å². The normalized spacial score (nSPS) is 29.8. The monoisotopic (exact) mass is 618 g/mol. The summed E-state index contributed by atoms with van der Waals surface area (Å²) < 4.78 is -2.03. The van der Waals surface area contributed by atoms with E-state index in [1.54, 1.807) is 12.1 Å². The molecule has 0 radical (unpaired) electrons. The van der Waals surface area contributed by atoms with E-state index in [1.807, 2.05) is 32.0 Å². The number of benzene rings is 2. The van der Waals surface area contributed by atoms with Gasteiger partial charge in [-0.15, -0.1) is 23.2 Å². The second-order valence-corrected chi connectivity index (χ2v) is 12.5. The minimum Gasteiger partial charge on any atom is -0.321 e. The van der Waals surface area contributed by atoms with E-state index in [4.69, 9.17) is 69.6 Å². The van der Waals surface area contributed by atoms with Crippen LogP contribution in [0.4, 0.5) is 11.4 Å². The Labute approximate surface area is 244 Å². The van der Waals surface area contributed by atoms with Gasteiger partial charge in [-0.3, -0.25) is 14.4 Å². The van der Waals surface area contributed by atoms with Crippen LogP contribution in [0.1, 0.15) is 35.3 Å². The number of alkyl halides is 4. The minimum atomic E-state index is -2.03. The molecule has 0 spiro atoms. The van der Waals surface area contributed by atoms with Crippen LogP contribution >= 0.6 is 69.6 Å². The maximum Gasteiger partial charge on any atom is 0.257 e. The van der Waals surface area contributed by atoms with E-state index in [-0.39, 0.29) is 21.3 Å². The topological polar surface area (TPSA) is 66.5 Å². The highest BCUT2D eigenvalue weighted by atomic mass is 35.5. The molecular weight excluding hydrogens is 601 g/mol. The number of anilines is 2. The van der Waals surface area contributed by atoms with Crippen LogP contribution in [-0.2, 0) is 22.4 Å². The average molecular weight is 621 g/mol. The van der Waals surface area contributed by atoms with Crippen molar-refractivity contribution in [2.75, 3.05) is 10.2 Å². The van der Waals surface area contributed by atoms with Crippen molar-refractivity contribution in [2.24, 2.45) is 11.8 Å². The summed E-state index contributed by atoms with van der Waals surface area (Å²) in [5.41, 5.74) is 2.84. The fourth-order valence-electron chi connectivity index (χ4n) is 5.68. The average Bonchev–Trinajstić information content (AvgIpc) is 3.27. The predicted molar refractivity (Wildman–Crippen MR) is 149 cm³/mol. The molecule has 0 unspecified atom stereocenters. The zero-order valence-electron chi connectivity index (χ0n) is 19.6. The summed E-state index contributed by atoms with van der Waals surface area (Å²) in [6.45, 7) is 3.99. The van der Waals surface area contributed by atoms with E-state index in [2.05, 4.69) is 5.32 Å². The van der Waals surface area contributed by atoms with Gasteiger partial charge >= 0.3 is 0 Å². The van der Waals surface area contributed by atoms with Gasteiger partial charge in [-0.2, -0.15) is 0 Å². The maximum absolute atomic E-state index is 13.8. The molecule has 3 amide bonds. The Balaban J connectivity index is 1.57. The molecule has 2 aromatic rings. The van der Waals surface area contributed by atoms with Gasteiger partial charge in [0.15, 0.2) is 4.33 Å².